The summed E-state index contributed by atoms with van der Waals surface area (Å²) in [6.07, 6.45) is 6.70. The molecule has 1 amide bonds. The number of nitrogens with zero attached hydrogens (tertiary/aromatic N) is 9. The lowest BCUT2D eigenvalue weighted by Gasteiger charge is -2.32. The van der Waals surface area contributed by atoms with Crippen molar-refractivity contribution < 1.29 is 4.79 Å². The van der Waals surface area contributed by atoms with Gasteiger partial charge in [-0.15, -0.1) is 0 Å². The van der Waals surface area contributed by atoms with Crippen LogP contribution in [0.5, 0.6) is 0 Å². The summed E-state index contributed by atoms with van der Waals surface area (Å²) in [5, 5.41) is 12.6. The Hall–Kier alpha value is -6.19. The van der Waals surface area contributed by atoms with Crippen molar-refractivity contribution in [3.05, 3.63) is 103 Å². The average Bonchev–Trinajstić information content (AvgIpc) is 3.76. The maximum atomic E-state index is 12.5. The van der Waals surface area contributed by atoms with Crippen LogP contribution in [0.2, 0.25) is 0 Å². The van der Waals surface area contributed by atoms with Crippen molar-refractivity contribution in [1.82, 2.24) is 34.4 Å². The third-order valence-corrected chi connectivity index (χ3v) is 9.41. The van der Waals surface area contributed by atoms with E-state index in [9.17, 15) is 4.79 Å². The van der Waals surface area contributed by atoms with Crippen LogP contribution in [0.3, 0.4) is 0 Å². The molecular formula is C38H35N11O. The second-order valence-corrected chi connectivity index (χ2v) is 12.7. The number of carbonyl (C=O) groups excluding carboxylic acids is 1. The number of fused-ring (bicyclic) bond motifs is 1. The van der Waals surface area contributed by atoms with Gasteiger partial charge in [-0.3, -0.25) is 14.3 Å². The Morgan fingerprint density at radius 3 is 2.52 bits per heavy atom. The Bertz CT molecular complexity index is 2230. The first-order valence-corrected chi connectivity index (χ1v) is 16.8. The lowest BCUT2D eigenvalue weighted by molar-refractivity contribution is -0.117. The molecule has 0 radical (unpaired) electrons. The van der Waals surface area contributed by atoms with E-state index in [1.807, 2.05) is 64.1 Å². The van der Waals surface area contributed by atoms with Gasteiger partial charge < -0.3 is 16.0 Å². The van der Waals surface area contributed by atoms with E-state index >= 15 is 0 Å². The van der Waals surface area contributed by atoms with Gasteiger partial charge in [-0.2, -0.15) is 5.26 Å². The van der Waals surface area contributed by atoms with Gasteiger partial charge >= 0.3 is 0 Å². The molecule has 4 aromatic heterocycles. The summed E-state index contributed by atoms with van der Waals surface area (Å²) in [5.41, 5.74) is 13.3. The average molecular weight is 662 g/mol. The van der Waals surface area contributed by atoms with Gasteiger partial charge in [0.15, 0.2) is 11.5 Å². The number of imidazole rings is 1. The highest BCUT2D eigenvalue weighted by Gasteiger charge is 2.23. The molecule has 0 spiro atoms. The second kappa shape index (κ2) is 13.4. The Labute approximate surface area is 289 Å². The number of carbonyl (C=O) groups is 1. The minimum Gasteiger partial charge on any atom is -0.383 e. The molecule has 2 fully saturated rings. The van der Waals surface area contributed by atoms with Gasteiger partial charge in [-0.05, 0) is 79.4 Å². The minimum atomic E-state index is 0.154. The Morgan fingerprint density at radius 2 is 1.74 bits per heavy atom. The van der Waals surface area contributed by atoms with Crippen LogP contribution in [0.25, 0.3) is 39.5 Å². The lowest BCUT2D eigenvalue weighted by atomic mass is 10.0. The number of rotatable bonds is 8. The number of nitrogen functional groups attached to an aromatic ring is 1. The fourth-order valence-electron chi connectivity index (χ4n) is 6.85. The van der Waals surface area contributed by atoms with Crippen LogP contribution in [0.4, 0.5) is 17.3 Å². The number of piperidine rings is 1. The van der Waals surface area contributed by atoms with Crippen molar-refractivity contribution in [2.75, 3.05) is 35.6 Å². The number of benzene rings is 2. The molecule has 0 atom stereocenters. The van der Waals surface area contributed by atoms with Gasteiger partial charge in [0.1, 0.15) is 23.2 Å². The summed E-state index contributed by atoms with van der Waals surface area (Å²) < 4.78 is 2.05. The monoisotopic (exact) mass is 661 g/mol. The third-order valence-electron chi connectivity index (χ3n) is 9.41. The van der Waals surface area contributed by atoms with Gasteiger partial charge in [0, 0.05) is 68.0 Å². The number of hydrogen-bond acceptors (Lipinski definition) is 10. The number of nitrogens with two attached hydrogens (primary N) is 1. The zero-order valence-corrected chi connectivity index (χ0v) is 27.4. The summed E-state index contributed by atoms with van der Waals surface area (Å²) in [4.78, 5) is 39.5. The van der Waals surface area contributed by atoms with Crippen molar-refractivity contribution in [3.8, 4) is 34.4 Å². The fraction of sp³-hybridized carbons (Fsp3) is 0.237. The number of likely N-dealkylation sites (tertiary alicyclic amines) is 1. The van der Waals surface area contributed by atoms with E-state index in [1.54, 1.807) is 18.5 Å². The molecule has 248 valence electrons. The first kappa shape index (κ1) is 31.1. The smallest absolute Gasteiger partial charge is 0.234 e. The number of pyridine rings is 2. The van der Waals surface area contributed by atoms with Crippen LogP contribution < -0.4 is 16.0 Å². The number of nitriles is 1. The number of aromatic nitrogens is 6. The molecule has 0 saturated carbocycles. The highest BCUT2D eigenvalue weighted by atomic mass is 16.2. The van der Waals surface area contributed by atoms with E-state index in [4.69, 9.17) is 21.0 Å². The van der Waals surface area contributed by atoms with Crippen molar-refractivity contribution in [3.63, 3.8) is 0 Å². The Balaban J connectivity index is 1.06. The zero-order valence-electron chi connectivity index (χ0n) is 27.4. The van der Waals surface area contributed by atoms with Crippen LogP contribution in [0.15, 0.2) is 91.3 Å². The molecule has 2 aromatic carbocycles. The van der Waals surface area contributed by atoms with Gasteiger partial charge in [0.25, 0.3) is 0 Å². The van der Waals surface area contributed by atoms with E-state index in [0.29, 0.717) is 35.6 Å². The highest BCUT2D eigenvalue weighted by Crippen LogP contribution is 2.33. The Morgan fingerprint density at radius 1 is 0.880 bits per heavy atom. The molecular weight excluding hydrogens is 626 g/mol. The summed E-state index contributed by atoms with van der Waals surface area (Å²) >= 11 is 0. The fourth-order valence-corrected chi connectivity index (χ4v) is 6.85. The van der Waals surface area contributed by atoms with Gasteiger partial charge in [-0.1, -0.05) is 24.3 Å². The lowest BCUT2D eigenvalue weighted by Crippen LogP contribution is -2.38. The molecule has 0 bridgehead atoms. The number of amides is 1. The van der Waals surface area contributed by atoms with Crippen molar-refractivity contribution >= 4 is 34.4 Å². The van der Waals surface area contributed by atoms with E-state index in [1.165, 1.54) is 5.56 Å². The molecule has 6 heterocycles. The molecule has 12 nitrogen and oxygen atoms in total. The molecule has 12 heteroatoms. The maximum Gasteiger partial charge on any atom is 0.234 e. The summed E-state index contributed by atoms with van der Waals surface area (Å²) in [6, 6.07) is 28.4. The van der Waals surface area contributed by atoms with E-state index in [-0.39, 0.29) is 11.7 Å². The maximum absolute atomic E-state index is 12.5. The summed E-state index contributed by atoms with van der Waals surface area (Å²) in [7, 11) is 0. The molecule has 6 aromatic rings. The van der Waals surface area contributed by atoms with E-state index < -0.39 is 0 Å². The van der Waals surface area contributed by atoms with Crippen LogP contribution in [0.1, 0.15) is 37.1 Å². The zero-order chi connectivity index (χ0) is 34.0. The van der Waals surface area contributed by atoms with Gasteiger partial charge in [0.05, 0.1) is 11.3 Å². The van der Waals surface area contributed by atoms with Crippen molar-refractivity contribution in [2.24, 2.45) is 0 Å². The van der Waals surface area contributed by atoms with Crippen LogP contribution in [-0.4, -0.2) is 66.0 Å². The predicted octanol–water partition coefficient (Wildman–Crippen LogP) is 5.60. The third kappa shape index (κ3) is 6.22. The normalized spacial score (nSPS) is 15.4. The molecule has 2 aliphatic heterocycles. The molecule has 0 aliphatic carbocycles. The minimum absolute atomic E-state index is 0.154. The van der Waals surface area contributed by atoms with Gasteiger partial charge in [-0.25, -0.2) is 24.9 Å². The van der Waals surface area contributed by atoms with Crippen molar-refractivity contribution in [2.45, 2.75) is 38.3 Å². The molecule has 3 N–H and O–H groups in total. The largest absolute Gasteiger partial charge is 0.383 e. The molecule has 2 saturated heterocycles. The number of hydrogen-bond donors (Lipinski definition) is 2. The molecule has 0 unspecified atom stereocenters. The predicted molar refractivity (Wildman–Crippen MR) is 192 cm³/mol. The molecule has 8 rings (SSSR count). The van der Waals surface area contributed by atoms with Crippen LogP contribution >= 0.6 is 0 Å². The van der Waals surface area contributed by atoms with Gasteiger partial charge in [0.2, 0.25) is 11.7 Å². The first-order valence-electron chi connectivity index (χ1n) is 16.8. The van der Waals surface area contributed by atoms with E-state index in [2.05, 4.69) is 49.4 Å². The topological polar surface area (TPSA) is 155 Å². The quantitative estimate of drug-likeness (QED) is 0.211. The van der Waals surface area contributed by atoms with Crippen molar-refractivity contribution in [1.29, 1.82) is 5.26 Å². The Kier molecular flexibility index (Phi) is 8.32. The van der Waals surface area contributed by atoms with Crippen LogP contribution in [0, 0.1) is 11.3 Å². The first-order chi connectivity index (χ1) is 24.5. The van der Waals surface area contributed by atoms with Crippen LogP contribution in [-0.2, 0) is 11.3 Å². The summed E-state index contributed by atoms with van der Waals surface area (Å²) in [5.74, 6) is 2.08. The summed E-state index contributed by atoms with van der Waals surface area (Å²) in [6.45, 7) is 3.47. The second-order valence-electron chi connectivity index (χ2n) is 12.7. The standard InChI is InChI=1S/C38H35N11O/c39-23-34-41-18-14-33(46-34)43-27-15-20-47(21-16-27)24-25-8-10-28(11-9-25)49-37(30-6-2-17-42-36(30)40)45-32-13-12-31(44-38(32)49)26-4-1-5-29(22-26)48-19-3-7-35(48)50/h1-2,4-6,8-14,17-18,22,27H,3,7,15-16,19-21,24H2,(H2,40,42)(H,41,43,46). The van der Waals surface area contributed by atoms with E-state index in [0.717, 1.165) is 79.2 Å². The highest BCUT2D eigenvalue weighted by molar-refractivity contribution is 5.96. The number of anilines is 3. The number of nitrogens with one attached hydrogen (secondary N) is 1. The molecule has 50 heavy (non-hydrogen) atoms. The molecule has 2 aliphatic rings. The SMILES string of the molecule is N#Cc1nccc(NC2CCN(Cc3ccc(-n4c(-c5cccnc5N)nc5ccc(-c6cccc(N7CCCC7=O)c6)nc54)cc3)CC2)n1.